The fourth-order valence-corrected chi connectivity index (χ4v) is 2.61. The highest BCUT2D eigenvalue weighted by molar-refractivity contribution is 5.79. The summed E-state index contributed by atoms with van der Waals surface area (Å²) in [5, 5.41) is 13.4. The molecule has 5 heteroatoms. The normalized spacial score (nSPS) is 37.1. The number of rotatable bonds is 1. The fraction of sp³-hybridized carbons (Fsp3) is 0.889. The monoisotopic (exact) mass is 198 g/mol. The van der Waals surface area contributed by atoms with E-state index in [2.05, 4.69) is 5.32 Å². The van der Waals surface area contributed by atoms with Crippen molar-refractivity contribution in [1.82, 2.24) is 5.32 Å². The SMILES string of the molecule is O=C1NCCC2CC([N+](=O)[O-])CCC12. The van der Waals surface area contributed by atoms with Crippen molar-refractivity contribution in [1.29, 1.82) is 0 Å². The van der Waals surface area contributed by atoms with Gasteiger partial charge in [0.2, 0.25) is 11.9 Å². The first-order valence-corrected chi connectivity index (χ1v) is 5.09. The molecule has 1 aliphatic heterocycles. The van der Waals surface area contributed by atoms with Crippen LogP contribution in [0.5, 0.6) is 0 Å². The zero-order chi connectivity index (χ0) is 10.1. The second kappa shape index (κ2) is 3.55. The van der Waals surface area contributed by atoms with Crippen LogP contribution in [0, 0.1) is 22.0 Å². The van der Waals surface area contributed by atoms with Crippen LogP contribution in [-0.2, 0) is 4.79 Å². The van der Waals surface area contributed by atoms with Crippen LogP contribution in [-0.4, -0.2) is 23.4 Å². The summed E-state index contributed by atoms with van der Waals surface area (Å²) in [6.07, 6.45) is 2.73. The minimum absolute atomic E-state index is 0.0416. The summed E-state index contributed by atoms with van der Waals surface area (Å²) in [5.74, 6) is 0.385. The third kappa shape index (κ3) is 1.58. The van der Waals surface area contributed by atoms with E-state index in [4.69, 9.17) is 0 Å². The summed E-state index contributed by atoms with van der Waals surface area (Å²) in [7, 11) is 0. The number of carbonyl (C=O) groups excluding carboxylic acids is 1. The van der Waals surface area contributed by atoms with E-state index in [1.807, 2.05) is 0 Å². The molecular weight excluding hydrogens is 184 g/mol. The Morgan fingerprint density at radius 2 is 2.14 bits per heavy atom. The molecule has 0 aromatic rings. The van der Waals surface area contributed by atoms with Gasteiger partial charge in [0.25, 0.3) is 0 Å². The number of hydrogen-bond donors (Lipinski definition) is 1. The molecule has 78 valence electrons. The Balaban J connectivity index is 2.03. The van der Waals surface area contributed by atoms with Crippen LogP contribution in [0.1, 0.15) is 25.7 Å². The lowest BCUT2D eigenvalue weighted by Gasteiger charge is -2.35. The topological polar surface area (TPSA) is 72.2 Å². The Morgan fingerprint density at radius 1 is 1.36 bits per heavy atom. The van der Waals surface area contributed by atoms with E-state index in [0.717, 1.165) is 6.42 Å². The predicted molar refractivity (Wildman–Crippen MR) is 49.2 cm³/mol. The number of amides is 1. The zero-order valence-corrected chi connectivity index (χ0v) is 7.94. The molecule has 1 saturated carbocycles. The molecule has 0 bridgehead atoms. The fourth-order valence-electron chi connectivity index (χ4n) is 2.61. The maximum atomic E-state index is 11.4. The molecule has 2 aliphatic rings. The molecule has 3 unspecified atom stereocenters. The van der Waals surface area contributed by atoms with Crippen molar-refractivity contribution < 1.29 is 9.72 Å². The first-order valence-electron chi connectivity index (χ1n) is 5.09. The maximum absolute atomic E-state index is 11.4. The van der Waals surface area contributed by atoms with E-state index in [1.165, 1.54) is 0 Å². The van der Waals surface area contributed by atoms with Crippen molar-refractivity contribution >= 4 is 5.91 Å². The molecule has 2 rings (SSSR count). The first kappa shape index (κ1) is 9.43. The van der Waals surface area contributed by atoms with Crippen molar-refractivity contribution in [3.05, 3.63) is 10.1 Å². The highest BCUT2D eigenvalue weighted by atomic mass is 16.6. The predicted octanol–water partition coefficient (Wildman–Crippen LogP) is 0.568. The molecule has 1 amide bonds. The van der Waals surface area contributed by atoms with Gasteiger partial charge in [-0.15, -0.1) is 0 Å². The van der Waals surface area contributed by atoms with E-state index < -0.39 is 6.04 Å². The Labute approximate surface area is 82.0 Å². The molecule has 0 aromatic carbocycles. The third-order valence-electron chi connectivity index (χ3n) is 3.40. The van der Waals surface area contributed by atoms with Gasteiger partial charge in [-0.25, -0.2) is 0 Å². The van der Waals surface area contributed by atoms with Crippen molar-refractivity contribution in [2.24, 2.45) is 11.8 Å². The van der Waals surface area contributed by atoms with Crippen molar-refractivity contribution in [3.63, 3.8) is 0 Å². The molecule has 1 heterocycles. The number of nitrogens with zero attached hydrogens (tertiary/aromatic N) is 1. The molecular formula is C9H14N2O3. The van der Waals surface area contributed by atoms with Crippen molar-refractivity contribution in [2.45, 2.75) is 31.7 Å². The van der Waals surface area contributed by atoms with Crippen LogP contribution < -0.4 is 5.32 Å². The van der Waals surface area contributed by atoms with Gasteiger partial charge in [-0.2, -0.15) is 0 Å². The average Bonchev–Trinajstić information content (AvgIpc) is 2.17. The number of nitrogens with one attached hydrogen (secondary N) is 1. The lowest BCUT2D eigenvalue weighted by atomic mass is 9.73. The summed E-state index contributed by atoms with van der Waals surface area (Å²) in [4.78, 5) is 21.8. The Morgan fingerprint density at radius 3 is 2.86 bits per heavy atom. The molecule has 14 heavy (non-hydrogen) atoms. The van der Waals surface area contributed by atoms with Gasteiger partial charge in [0.1, 0.15) is 0 Å². The lowest BCUT2D eigenvalue weighted by molar-refractivity contribution is -0.528. The van der Waals surface area contributed by atoms with Crippen LogP contribution in [0.25, 0.3) is 0 Å². The van der Waals surface area contributed by atoms with Gasteiger partial charge in [0, 0.05) is 30.2 Å². The summed E-state index contributed by atoms with van der Waals surface area (Å²) >= 11 is 0. The number of carbonyl (C=O) groups is 1. The number of piperidine rings is 1. The van der Waals surface area contributed by atoms with Gasteiger partial charge in [-0.1, -0.05) is 0 Å². The quantitative estimate of drug-likeness (QED) is 0.494. The number of hydrogen-bond acceptors (Lipinski definition) is 3. The largest absolute Gasteiger partial charge is 0.356 e. The van der Waals surface area contributed by atoms with Gasteiger partial charge < -0.3 is 5.32 Å². The summed E-state index contributed by atoms with van der Waals surface area (Å²) in [6.45, 7) is 0.685. The Hall–Kier alpha value is -1.13. The zero-order valence-electron chi connectivity index (χ0n) is 7.94. The average molecular weight is 198 g/mol. The van der Waals surface area contributed by atoms with Gasteiger partial charge in [0.05, 0.1) is 0 Å². The Kier molecular flexibility index (Phi) is 2.39. The second-order valence-corrected chi connectivity index (χ2v) is 4.20. The van der Waals surface area contributed by atoms with E-state index in [0.29, 0.717) is 25.8 Å². The molecule has 3 atom stereocenters. The first-order chi connectivity index (χ1) is 6.68. The van der Waals surface area contributed by atoms with Crippen LogP contribution in [0.4, 0.5) is 0 Å². The van der Waals surface area contributed by atoms with Crippen LogP contribution in [0.15, 0.2) is 0 Å². The van der Waals surface area contributed by atoms with Crippen LogP contribution in [0.2, 0.25) is 0 Å². The number of nitro groups is 1. The summed E-state index contributed by atoms with van der Waals surface area (Å²) in [6, 6.07) is -0.415. The molecule has 2 fully saturated rings. The minimum atomic E-state index is -0.415. The van der Waals surface area contributed by atoms with Crippen LogP contribution in [0.3, 0.4) is 0 Å². The van der Waals surface area contributed by atoms with Gasteiger partial charge >= 0.3 is 0 Å². The van der Waals surface area contributed by atoms with Gasteiger partial charge in [0.15, 0.2) is 0 Å². The molecule has 0 aromatic heterocycles. The molecule has 5 nitrogen and oxygen atoms in total. The highest BCUT2D eigenvalue weighted by Crippen LogP contribution is 2.35. The van der Waals surface area contributed by atoms with Crippen molar-refractivity contribution in [2.75, 3.05) is 6.54 Å². The smallest absolute Gasteiger partial charge is 0.223 e. The van der Waals surface area contributed by atoms with Crippen molar-refractivity contribution in [3.8, 4) is 0 Å². The van der Waals surface area contributed by atoms with E-state index in [9.17, 15) is 14.9 Å². The van der Waals surface area contributed by atoms with E-state index in [-0.39, 0.29) is 22.7 Å². The standard InChI is InChI=1S/C9H14N2O3/c12-9-8-2-1-7(11(13)14)5-6(8)3-4-10-9/h6-8H,1-5H2,(H,10,12). The van der Waals surface area contributed by atoms with E-state index >= 15 is 0 Å². The lowest BCUT2D eigenvalue weighted by Crippen LogP contribution is -2.46. The van der Waals surface area contributed by atoms with E-state index in [1.54, 1.807) is 0 Å². The minimum Gasteiger partial charge on any atom is -0.356 e. The van der Waals surface area contributed by atoms with Gasteiger partial charge in [-0.3, -0.25) is 14.9 Å². The molecule has 1 N–H and O–H groups in total. The number of fused-ring (bicyclic) bond motifs is 1. The summed E-state index contributed by atoms with van der Waals surface area (Å²) < 4.78 is 0. The molecule has 0 spiro atoms. The second-order valence-electron chi connectivity index (χ2n) is 4.20. The van der Waals surface area contributed by atoms with Gasteiger partial charge in [-0.05, 0) is 18.8 Å². The summed E-state index contributed by atoms with van der Waals surface area (Å²) in [5.41, 5.74) is 0. The molecule has 1 aliphatic carbocycles. The maximum Gasteiger partial charge on any atom is 0.223 e. The third-order valence-corrected chi connectivity index (χ3v) is 3.40. The van der Waals surface area contributed by atoms with Crippen LogP contribution >= 0.6 is 0 Å². The molecule has 0 radical (unpaired) electrons. The Bertz CT molecular complexity index is 267. The highest BCUT2D eigenvalue weighted by Gasteiger charge is 2.40. The molecule has 1 saturated heterocycles.